The number of aromatic nitrogens is 2. The largest absolute Gasteiger partial charge is 0.352 e. The lowest BCUT2D eigenvalue weighted by Crippen LogP contribution is -2.52. The standard InChI is InChI=1S/C24H23FN4O2/c1-15-4-2-5-16(14-15)22-23(30)26-12-13-28(22)24(31)21-19-6-3-7-20(19)29(27-21)18-10-8-17(25)9-11-18/h2,4-5,8-11,14,22H,3,6-7,12-13H2,1H3,(H,26,30). The monoisotopic (exact) mass is 418 g/mol. The Balaban J connectivity index is 1.55. The van der Waals surface area contributed by atoms with Crippen LogP contribution in [-0.2, 0) is 17.6 Å². The second-order valence-electron chi connectivity index (χ2n) is 8.12. The number of carbonyl (C=O) groups is 2. The lowest BCUT2D eigenvalue weighted by molar-refractivity contribution is -0.128. The quantitative estimate of drug-likeness (QED) is 0.711. The van der Waals surface area contributed by atoms with E-state index in [0.717, 1.165) is 47.3 Å². The lowest BCUT2D eigenvalue weighted by atomic mass is 9.99. The molecule has 0 radical (unpaired) electrons. The Morgan fingerprint density at radius 1 is 1.16 bits per heavy atom. The zero-order chi connectivity index (χ0) is 21.5. The zero-order valence-corrected chi connectivity index (χ0v) is 17.3. The molecule has 1 saturated heterocycles. The molecule has 7 heteroatoms. The Bertz CT molecular complexity index is 1170. The van der Waals surface area contributed by atoms with Gasteiger partial charge < -0.3 is 10.2 Å². The number of hydrogen-bond donors (Lipinski definition) is 1. The summed E-state index contributed by atoms with van der Waals surface area (Å²) in [6, 6.07) is 13.1. The van der Waals surface area contributed by atoms with E-state index in [9.17, 15) is 14.0 Å². The van der Waals surface area contributed by atoms with E-state index < -0.39 is 6.04 Å². The van der Waals surface area contributed by atoms with Gasteiger partial charge in [-0.3, -0.25) is 9.59 Å². The predicted molar refractivity (Wildman–Crippen MR) is 114 cm³/mol. The van der Waals surface area contributed by atoms with Gasteiger partial charge in [0, 0.05) is 24.3 Å². The van der Waals surface area contributed by atoms with Crippen molar-refractivity contribution >= 4 is 11.8 Å². The summed E-state index contributed by atoms with van der Waals surface area (Å²) >= 11 is 0. The number of carbonyl (C=O) groups excluding carboxylic acids is 2. The Hall–Kier alpha value is -3.48. The number of aryl methyl sites for hydroxylation is 1. The van der Waals surface area contributed by atoms with E-state index in [2.05, 4.69) is 10.4 Å². The number of nitrogens with one attached hydrogen (secondary N) is 1. The summed E-state index contributed by atoms with van der Waals surface area (Å²) in [6.07, 6.45) is 2.53. The molecule has 1 aliphatic carbocycles. The summed E-state index contributed by atoms with van der Waals surface area (Å²) in [4.78, 5) is 28.1. The van der Waals surface area contributed by atoms with Crippen LogP contribution in [0.3, 0.4) is 0 Å². The molecule has 1 aromatic heterocycles. The van der Waals surface area contributed by atoms with Crippen molar-refractivity contribution in [3.63, 3.8) is 0 Å². The molecule has 1 atom stereocenters. The maximum Gasteiger partial charge on any atom is 0.275 e. The third-order valence-electron chi connectivity index (χ3n) is 6.03. The van der Waals surface area contributed by atoms with Crippen LogP contribution in [0.5, 0.6) is 0 Å². The molecule has 1 unspecified atom stereocenters. The molecule has 158 valence electrons. The smallest absolute Gasteiger partial charge is 0.275 e. The Morgan fingerprint density at radius 3 is 2.74 bits per heavy atom. The number of piperazine rings is 1. The first-order valence-corrected chi connectivity index (χ1v) is 10.5. The average Bonchev–Trinajstić information content (AvgIpc) is 3.37. The normalized spacial score (nSPS) is 18.1. The topological polar surface area (TPSA) is 67.2 Å². The number of fused-ring (bicyclic) bond motifs is 1. The van der Waals surface area contributed by atoms with E-state index in [0.29, 0.717) is 18.8 Å². The lowest BCUT2D eigenvalue weighted by Gasteiger charge is -2.35. The number of rotatable bonds is 3. The molecular formula is C24H23FN4O2. The average molecular weight is 418 g/mol. The zero-order valence-electron chi connectivity index (χ0n) is 17.3. The van der Waals surface area contributed by atoms with Gasteiger partial charge in [0.15, 0.2) is 5.69 Å². The van der Waals surface area contributed by atoms with Crippen LogP contribution in [0.25, 0.3) is 5.69 Å². The van der Waals surface area contributed by atoms with Crippen LogP contribution in [0.1, 0.15) is 45.3 Å². The van der Waals surface area contributed by atoms with E-state index in [4.69, 9.17) is 0 Å². The Kier molecular flexibility index (Phi) is 4.81. The Labute approximate surface area is 179 Å². The first-order chi connectivity index (χ1) is 15.0. The fraction of sp³-hybridized carbons (Fsp3) is 0.292. The molecule has 31 heavy (non-hydrogen) atoms. The van der Waals surface area contributed by atoms with Crippen molar-refractivity contribution in [2.24, 2.45) is 0 Å². The molecule has 2 heterocycles. The maximum atomic E-state index is 13.7. The van der Waals surface area contributed by atoms with Crippen molar-refractivity contribution in [2.45, 2.75) is 32.2 Å². The minimum atomic E-state index is -0.686. The van der Waals surface area contributed by atoms with Crippen LogP contribution < -0.4 is 5.32 Å². The van der Waals surface area contributed by atoms with Gasteiger partial charge in [0.1, 0.15) is 11.9 Å². The number of halogens is 1. The van der Waals surface area contributed by atoms with E-state index in [1.54, 1.807) is 21.7 Å². The summed E-state index contributed by atoms with van der Waals surface area (Å²) in [6.45, 7) is 2.79. The summed E-state index contributed by atoms with van der Waals surface area (Å²) < 4.78 is 15.1. The molecule has 6 nitrogen and oxygen atoms in total. The van der Waals surface area contributed by atoms with Gasteiger partial charge in [-0.1, -0.05) is 29.8 Å². The number of benzene rings is 2. The van der Waals surface area contributed by atoms with Gasteiger partial charge in [-0.05, 0) is 56.0 Å². The summed E-state index contributed by atoms with van der Waals surface area (Å²) in [5.74, 6) is -0.732. The van der Waals surface area contributed by atoms with Crippen LogP contribution in [0.2, 0.25) is 0 Å². The minimum Gasteiger partial charge on any atom is -0.352 e. The molecule has 3 aromatic rings. The summed E-state index contributed by atoms with van der Waals surface area (Å²) in [7, 11) is 0. The van der Waals surface area contributed by atoms with Crippen molar-refractivity contribution in [1.82, 2.24) is 20.0 Å². The highest BCUT2D eigenvalue weighted by Crippen LogP contribution is 2.31. The highest BCUT2D eigenvalue weighted by molar-refractivity contribution is 5.98. The van der Waals surface area contributed by atoms with Crippen LogP contribution in [-0.4, -0.2) is 39.6 Å². The fourth-order valence-corrected chi connectivity index (χ4v) is 4.60. The molecule has 1 aliphatic heterocycles. The van der Waals surface area contributed by atoms with Crippen LogP contribution in [0.4, 0.5) is 4.39 Å². The first-order valence-electron chi connectivity index (χ1n) is 10.5. The molecule has 0 bridgehead atoms. The SMILES string of the molecule is Cc1cccc(C2C(=O)NCCN2C(=O)c2nn(-c3ccc(F)cc3)c3c2CCC3)c1. The molecule has 2 aromatic carbocycles. The van der Waals surface area contributed by atoms with E-state index in [1.165, 1.54) is 12.1 Å². The predicted octanol–water partition coefficient (Wildman–Crippen LogP) is 3.12. The van der Waals surface area contributed by atoms with Crippen molar-refractivity contribution in [2.75, 3.05) is 13.1 Å². The first kappa shape index (κ1) is 19.5. The number of hydrogen-bond acceptors (Lipinski definition) is 3. The molecule has 2 amide bonds. The van der Waals surface area contributed by atoms with E-state index in [1.807, 2.05) is 31.2 Å². The number of nitrogens with zero attached hydrogens (tertiary/aromatic N) is 3. The fourth-order valence-electron chi connectivity index (χ4n) is 4.60. The van der Waals surface area contributed by atoms with Gasteiger partial charge in [0.2, 0.25) is 5.91 Å². The van der Waals surface area contributed by atoms with Crippen molar-refractivity contribution in [1.29, 1.82) is 0 Å². The molecule has 1 N–H and O–H groups in total. The molecule has 0 saturated carbocycles. The molecule has 1 fully saturated rings. The van der Waals surface area contributed by atoms with Crippen LogP contribution in [0.15, 0.2) is 48.5 Å². The summed E-state index contributed by atoms with van der Waals surface area (Å²) in [5.41, 5.74) is 4.87. The highest BCUT2D eigenvalue weighted by Gasteiger charge is 2.38. The maximum absolute atomic E-state index is 13.7. The van der Waals surface area contributed by atoms with Crippen molar-refractivity contribution in [3.05, 3.63) is 82.4 Å². The third-order valence-corrected chi connectivity index (χ3v) is 6.03. The van der Waals surface area contributed by atoms with Gasteiger partial charge in [0.25, 0.3) is 5.91 Å². The van der Waals surface area contributed by atoms with Crippen molar-refractivity contribution < 1.29 is 14.0 Å². The van der Waals surface area contributed by atoms with Gasteiger partial charge in [-0.15, -0.1) is 0 Å². The molecule has 5 rings (SSSR count). The molecule has 2 aliphatic rings. The van der Waals surface area contributed by atoms with Gasteiger partial charge in [-0.2, -0.15) is 5.10 Å². The Morgan fingerprint density at radius 2 is 1.97 bits per heavy atom. The van der Waals surface area contributed by atoms with E-state index >= 15 is 0 Å². The van der Waals surface area contributed by atoms with Gasteiger partial charge in [-0.25, -0.2) is 9.07 Å². The number of amides is 2. The van der Waals surface area contributed by atoms with Crippen LogP contribution in [0, 0.1) is 12.7 Å². The van der Waals surface area contributed by atoms with Crippen molar-refractivity contribution in [3.8, 4) is 5.69 Å². The van der Waals surface area contributed by atoms with Gasteiger partial charge >= 0.3 is 0 Å². The van der Waals surface area contributed by atoms with E-state index in [-0.39, 0.29) is 17.6 Å². The highest BCUT2D eigenvalue weighted by atomic mass is 19.1. The third kappa shape index (κ3) is 3.40. The van der Waals surface area contributed by atoms with Crippen LogP contribution >= 0.6 is 0 Å². The minimum absolute atomic E-state index is 0.181. The second-order valence-corrected chi connectivity index (χ2v) is 8.12. The molecule has 0 spiro atoms. The van der Waals surface area contributed by atoms with Gasteiger partial charge in [0.05, 0.1) is 5.69 Å². The summed E-state index contributed by atoms with van der Waals surface area (Å²) in [5, 5.41) is 7.53. The molecular weight excluding hydrogens is 395 g/mol. The second kappa shape index (κ2) is 7.65.